The standard InChI is InChI=1S/C19H17N5O4S/c25-18(15-3-1-2-7-21-15)24-11-19(12-24)14(6-10-29(19,26)27)17-22-16(23-28-17)13-4-8-20-9-5-13/h1-5,7-9,14H,6,10-12H2. The molecule has 1 unspecified atom stereocenters. The van der Waals surface area contributed by atoms with Gasteiger partial charge in [0.1, 0.15) is 10.4 Å². The molecule has 2 aliphatic heterocycles. The van der Waals surface area contributed by atoms with E-state index in [0.717, 1.165) is 5.56 Å². The number of hydrogen-bond donors (Lipinski definition) is 0. The van der Waals surface area contributed by atoms with Crippen molar-refractivity contribution in [2.75, 3.05) is 18.8 Å². The zero-order valence-corrected chi connectivity index (χ0v) is 16.1. The fourth-order valence-corrected chi connectivity index (χ4v) is 6.42. The first kappa shape index (κ1) is 17.9. The molecule has 2 aliphatic rings. The molecular weight excluding hydrogens is 394 g/mol. The highest BCUT2D eigenvalue weighted by Gasteiger charge is 2.64. The van der Waals surface area contributed by atoms with Crippen molar-refractivity contribution in [3.63, 3.8) is 0 Å². The van der Waals surface area contributed by atoms with E-state index >= 15 is 0 Å². The average molecular weight is 411 g/mol. The molecule has 148 valence electrons. The second-order valence-electron chi connectivity index (χ2n) is 7.29. The normalized spacial score (nSPS) is 21.8. The SMILES string of the molecule is O=C(c1ccccn1)N1CC2(C1)C(c1nc(-c3ccncc3)no1)CCS2(=O)=O. The largest absolute Gasteiger partial charge is 0.339 e. The Morgan fingerprint density at radius 1 is 1.14 bits per heavy atom. The Hall–Kier alpha value is -3.14. The molecule has 0 N–H and O–H groups in total. The van der Waals surface area contributed by atoms with E-state index < -0.39 is 20.5 Å². The molecule has 1 spiro atoms. The first-order valence-corrected chi connectivity index (χ1v) is 10.8. The second-order valence-corrected chi connectivity index (χ2v) is 9.74. The Morgan fingerprint density at radius 3 is 2.66 bits per heavy atom. The molecule has 0 bridgehead atoms. The molecule has 10 heteroatoms. The van der Waals surface area contributed by atoms with Gasteiger partial charge in [0.15, 0.2) is 9.84 Å². The molecule has 5 heterocycles. The Bertz CT molecular complexity index is 1160. The highest BCUT2D eigenvalue weighted by atomic mass is 32.2. The maximum absolute atomic E-state index is 12.9. The first-order valence-electron chi connectivity index (χ1n) is 9.17. The number of likely N-dealkylation sites (tertiary alicyclic amines) is 1. The summed E-state index contributed by atoms with van der Waals surface area (Å²) in [5, 5.41) is 4.01. The summed E-state index contributed by atoms with van der Waals surface area (Å²) in [7, 11) is -3.40. The molecule has 2 fully saturated rings. The molecule has 5 rings (SSSR count). The lowest BCUT2D eigenvalue weighted by atomic mass is 9.83. The molecule has 0 aromatic carbocycles. The molecule has 3 aromatic rings. The zero-order chi connectivity index (χ0) is 20.1. The predicted molar refractivity (Wildman–Crippen MR) is 102 cm³/mol. The van der Waals surface area contributed by atoms with Crippen LogP contribution >= 0.6 is 0 Å². The number of pyridine rings is 2. The van der Waals surface area contributed by atoms with Gasteiger partial charge in [-0.2, -0.15) is 4.98 Å². The highest BCUT2D eigenvalue weighted by molar-refractivity contribution is 7.93. The third-order valence-electron chi connectivity index (χ3n) is 5.70. The molecule has 0 saturated carbocycles. The van der Waals surface area contributed by atoms with Crippen molar-refractivity contribution in [2.45, 2.75) is 17.1 Å². The zero-order valence-electron chi connectivity index (χ0n) is 15.3. The quantitative estimate of drug-likeness (QED) is 0.633. The maximum Gasteiger partial charge on any atom is 0.272 e. The Kier molecular flexibility index (Phi) is 3.98. The minimum Gasteiger partial charge on any atom is -0.339 e. The average Bonchev–Trinajstić information content (AvgIpc) is 3.30. The number of hydrogen-bond acceptors (Lipinski definition) is 8. The van der Waals surface area contributed by atoms with Crippen LogP contribution in [0.1, 0.15) is 28.7 Å². The summed E-state index contributed by atoms with van der Waals surface area (Å²) in [6, 6.07) is 8.58. The predicted octanol–water partition coefficient (Wildman–Crippen LogP) is 1.32. The fourth-order valence-electron chi connectivity index (χ4n) is 4.11. The number of carbonyl (C=O) groups excluding carboxylic acids is 1. The highest BCUT2D eigenvalue weighted by Crippen LogP contribution is 2.49. The van der Waals surface area contributed by atoms with Gasteiger partial charge in [-0.05, 0) is 30.7 Å². The second kappa shape index (κ2) is 6.45. The van der Waals surface area contributed by atoms with Crippen LogP contribution in [0.3, 0.4) is 0 Å². The minimum absolute atomic E-state index is 0.0380. The number of carbonyl (C=O) groups is 1. The third-order valence-corrected chi connectivity index (χ3v) is 8.25. The Balaban J connectivity index is 1.42. The molecule has 3 aromatic heterocycles. The van der Waals surface area contributed by atoms with E-state index in [1.165, 1.54) is 11.1 Å². The van der Waals surface area contributed by atoms with Crippen LogP contribution in [0.5, 0.6) is 0 Å². The van der Waals surface area contributed by atoms with Gasteiger partial charge < -0.3 is 9.42 Å². The monoisotopic (exact) mass is 411 g/mol. The molecule has 1 amide bonds. The van der Waals surface area contributed by atoms with E-state index in [9.17, 15) is 13.2 Å². The van der Waals surface area contributed by atoms with Crippen LogP contribution in [0.15, 0.2) is 53.4 Å². The van der Waals surface area contributed by atoms with Gasteiger partial charge in [-0.1, -0.05) is 11.2 Å². The smallest absolute Gasteiger partial charge is 0.272 e. The van der Waals surface area contributed by atoms with Crippen LogP contribution in [0.25, 0.3) is 11.4 Å². The van der Waals surface area contributed by atoms with Crippen LogP contribution in [-0.2, 0) is 9.84 Å². The van der Waals surface area contributed by atoms with Gasteiger partial charge in [0.2, 0.25) is 11.7 Å². The number of aromatic nitrogens is 4. The number of amides is 1. The summed E-state index contributed by atoms with van der Waals surface area (Å²) >= 11 is 0. The van der Waals surface area contributed by atoms with Crippen molar-refractivity contribution in [3.05, 3.63) is 60.5 Å². The molecular formula is C19H17N5O4S. The van der Waals surface area contributed by atoms with Gasteiger partial charge in [0, 0.05) is 37.2 Å². The van der Waals surface area contributed by atoms with Gasteiger partial charge in [-0.15, -0.1) is 0 Å². The van der Waals surface area contributed by atoms with Crippen LogP contribution in [0.2, 0.25) is 0 Å². The van der Waals surface area contributed by atoms with Crippen LogP contribution in [0.4, 0.5) is 0 Å². The maximum atomic E-state index is 12.9. The van der Waals surface area contributed by atoms with Crippen molar-refractivity contribution in [3.8, 4) is 11.4 Å². The molecule has 9 nitrogen and oxygen atoms in total. The summed E-state index contributed by atoms with van der Waals surface area (Å²) in [5.74, 6) is 0.00449. The number of nitrogens with zero attached hydrogens (tertiary/aromatic N) is 5. The Labute approximate surface area is 166 Å². The topological polar surface area (TPSA) is 119 Å². The van der Waals surface area contributed by atoms with Crippen LogP contribution in [0, 0.1) is 0 Å². The van der Waals surface area contributed by atoms with Crippen molar-refractivity contribution in [1.82, 2.24) is 25.0 Å². The first-order chi connectivity index (χ1) is 14.0. The third kappa shape index (κ3) is 2.74. The summed E-state index contributed by atoms with van der Waals surface area (Å²) in [4.78, 5) is 26.6. The van der Waals surface area contributed by atoms with E-state index in [1.54, 1.807) is 42.7 Å². The lowest BCUT2D eigenvalue weighted by molar-refractivity contribution is 0.0498. The molecule has 2 saturated heterocycles. The summed E-state index contributed by atoms with van der Waals surface area (Å²) in [5.41, 5.74) is 1.04. The van der Waals surface area contributed by atoms with Gasteiger partial charge in [-0.25, -0.2) is 8.42 Å². The van der Waals surface area contributed by atoms with E-state index in [4.69, 9.17) is 4.52 Å². The number of sulfone groups is 1. The lowest BCUT2D eigenvalue weighted by Crippen LogP contribution is -2.67. The van der Waals surface area contributed by atoms with Crippen molar-refractivity contribution < 1.29 is 17.7 Å². The summed E-state index contributed by atoms with van der Waals surface area (Å²) < 4.78 is 30.1. The summed E-state index contributed by atoms with van der Waals surface area (Å²) in [6.07, 6.45) is 5.18. The van der Waals surface area contributed by atoms with Gasteiger partial charge >= 0.3 is 0 Å². The lowest BCUT2D eigenvalue weighted by Gasteiger charge is -2.48. The fraction of sp³-hybridized carbons (Fsp3) is 0.316. The minimum atomic E-state index is -3.40. The van der Waals surface area contributed by atoms with E-state index in [1.807, 2.05) is 0 Å². The van der Waals surface area contributed by atoms with E-state index in [2.05, 4.69) is 20.1 Å². The van der Waals surface area contributed by atoms with Gasteiger partial charge in [0.05, 0.1) is 11.7 Å². The molecule has 1 atom stereocenters. The molecule has 0 radical (unpaired) electrons. The van der Waals surface area contributed by atoms with Gasteiger partial charge in [-0.3, -0.25) is 14.8 Å². The summed E-state index contributed by atoms with van der Waals surface area (Å²) in [6.45, 7) is 0.199. The van der Waals surface area contributed by atoms with Crippen LogP contribution < -0.4 is 0 Å². The van der Waals surface area contributed by atoms with Crippen molar-refractivity contribution >= 4 is 15.7 Å². The number of rotatable bonds is 3. The molecule has 29 heavy (non-hydrogen) atoms. The van der Waals surface area contributed by atoms with E-state index in [-0.39, 0.29) is 24.7 Å². The van der Waals surface area contributed by atoms with Crippen molar-refractivity contribution in [2.24, 2.45) is 0 Å². The van der Waals surface area contributed by atoms with Crippen molar-refractivity contribution in [1.29, 1.82) is 0 Å². The van der Waals surface area contributed by atoms with Crippen LogP contribution in [-0.4, -0.2) is 62.9 Å². The van der Waals surface area contributed by atoms with Gasteiger partial charge in [0.25, 0.3) is 5.91 Å². The Morgan fingerprint density at radius 2 is 1.93 bits per heavy atom. The van der Waals surface area contributed by atoms with E-state index in [0.29, 0.717) is 23.8 Å². The molecule has 0 aliphatic carbocycles.